The third kappa shape index (κ3) is 5.24. The van der Waals surface area contributed by atoms with Crippen molar-refractivity contribution in [1.29, 1.82) is 0 Å². The lowest BCUT2D eigenvalue weighted by Gasteiger charge is -2.27. The summed E-state index contributed by atoms with van der Waals surface area (Å²) in [6.07, 6.45) is 0. The minimum absolute atomic E-state index is 0.877. The van der Waals surface area contributed by atoms with E-state index in [1.807, 2.05) is 11.3 Å². The van der Waals surface area contributed by atoms with E-state index in [0.717, 1.165) is 50.1 Å². The van der Waals surface area contributed by atoms with Crippen LogP contribution >= 0.6 is 11.3 Å². The molecule has 11 aromatic rings. The number of hydrogen-bond donors (Lipinski definition) is 0. The van der Waals surface area contributed by atoms with Gasteiger partial charge in [-0.05, 0) is 93.2 Å². The minimum Gasteiger partial charge on any atom is -0.455 e. The highest BCUT2D eigenvalue weighted by atomic mass is 32.1. The van der Waals surface area contributed by atoms with E-state index in [9.17, 15) is 0 Å². The van der Waals surface area contributed by atoms with Crippen LogP contribution in [0.3, 0.4) is 0 Å². The Labute approximate surface area is 322 Å². The third-order valence-electron chi connectivity index (χ3n) is 10.9. The number of benzene rings is 9. The normalized spacial score (nSPS) is 11.6. The molecule has 2 heterocycles. The molecule has 3 heteroatoms. The molecule has 0 aliphatic carbocycles. The third-order valence-corrected chi connectivity index (χ3v) is 12.1. The molecular formula is C52H33NOS. The molecule has 0 fully saturated rings. The van der Waals surface area contributed by atoms with Gasteiger partial charge >= 0.3 is 0 Å². The molecule has 0 saturated carbocycles. The Morgan fingerprint density at radius 3 is 1.71 bits per heavy atom. The molecule has 0 bridgehead atoms. The lowest BCUT2D eigenvalue weighted by molar-refractivity contribution is 0.670. The highest BCUT2D eigenvalue weighted by molar-refractivity contribution is 7.26. The van der Waals surface area contributed by atoms with Crippen molar-refractivity contribution in [3.05, 3.63) is 200 Å². The van der Waals surface area contributed by atoms with Crippen molar-refractivity contribution in [2.24, 2.45) is 0 Å². The van der Waals surface area contributed by atoms with Crippen LogP contribution in [0.2, 0.25) is 0 Å². The van der Waals surface area contributed by atoms with E-state index in [1.54, 1.807) is 0 Å². The average Bonchev–Trinajstić information content (AvgIpc) is 3.84. The first-order valence-corrected chi connectivity index (χ1v) is 19.5. The number of fused-ring (bicyclic) bond motifs is 7. The van der Waals surface area contributed by atoms with Crippen molar-refractivity contribution in [3.8, 4) is 33.4 Å². The van der Waals surface area contributed by atoms with Crippen LogP contribution in [0, 0.1) is 0 Å². The number of furan rings is 1. The number of hydrogen-bond acceptors (Lipinski definition) is 3. The lowest BCUT2D eigenvalue weighted by Crippen LogP contribution is -2.10. The van der Waals surface area contributed by atoms with Gasteiger partial charge in [-0.2, -0.15) is 0 Å². The molecule has 9 aromatic carbocycles. The Morgan fingerprint density at radius 2 is 0.982 bits per heavy atom. The lowest BCUT2D eigenvalue weighted by atomic mass is 9.91. The molecule has 0 unspecified atom stereocenters. The van der Waals surface area contributed by atoms with Crippen molar-refractivity contribution < 1.29 is 4.42 Å². The highest BCUT2D eigenvalue weighted by Crippen LogP contribution is 2.50. The Morgan fingerprint density at radius 1 is 0.400 bits per heavy atom. The van der Waals surface area contributed by atoms with Crippen LogP contribution in [0.15, 0.2) is 205 Å². The predicted molar refractivity (Wildman–Crippen MR) is 235 cm³/mol. The predicted octanol–water partition coefficient (Wildman–Crippen LogP) is 15.6. The number of anilines is 3. The van der Waals surface area contributed by atoms with Gasteiger partial charge in [0, 0.05) is 32.1 Å². The Balaban J connectivity index is 1.16. The summed E-state index contributed by atoms with van der Waals surface area (Å²) in [5, 5.41) is 7.20. The molecule has 2 aromatic heterocycles. The monoisotopic (exact) mass is 719 g/mol. The van der Waals surface area contributed by atoms with Gasteiger partial charge in [0.2, 0.25) is 0 Å². The van der Waals surface area contributed by atoms with Gasteiger partial charge in [-0.15, -0.1) is 11.3 Å². The average molecular weight is 720 g/mol. The van der Waals surface area contributed by atoms with Gasteiger partial charge in [0.05, 0.1) is 21.5 Å². The van der Waals surface area contributed by atoms with Crippen LogP contribution in [-0.4, -0.2) is 0 Å². The summed E-state index contributed by atoms with van der Waals surface area (Å²) in [5.41, 5.74) is 12.1. The van der Waals surface area contributed by atoms with E-state index in [2.05, 4.69) is 205 Å². The van der Waals surface area contributed by atoms with E-state index in [4.69, 9.17) is 4.42 Å². The molecule has 0 aliphatic heterocycles. The molecule has 0 atom stereocenters. The minimum atomic E-state index is 0.877. The number of para-hydroxylation sites is 1. The van der Waals surface area contributed by atoms with Crippen molar-refractivity contribution in [2.45, 2.75) is 0 Å². The summed E-state index contributed by atoms with van der Waals surface area (Å²) in [6.45, 7) is 0. The SMILES string of the molecule is c1ccc(-c2cc3ccccc3cc2-c2ccc(N(c3cccc4c3sc3ccccc34)c3ccc(-c4ccccc4)c4oc5ccccc5c34)cc2)cc1. The summed E-state index contributed by atoms with van der Waals surface area (Å²) in [7, 11) is 0. The zero-order chi connectivity index (χ0) is 36.3. The van der Waals surface area contributed by atoms with Gasteiger partial charge in [-0.3, -0.25) is 0 Å². The van der Waals surface area contributed by atoms with Crippen LogP contribution in [0.5, 0.6) is 0 Å². The molecule has 0 N–H and O–H groups in total. The zero-order valence-electron chi connectivity index (χ0n) is 29.8. The topological polar surface area (TPSA) is 16.4 Å². The van der Waals surface area contributed by atoms with E-state index in [0.29, 0.717) is 0 Å². The largest absolute Gasteiger partial charge is 0.455 e. The first-order chi connectivity index (χ1) is 27.3. The van der Waals surface area contributed by atoms with Crippen molar-refractivity contribution in [3.63, 3.8) is 0 Å². The summed E-state index contributed by atoms with van der Waals surface area (Å²) in [4.78, 5) is 2.44. The van der Waals surface area contributed by atoms with Gasteiger partial charge in [-0.25, -0.2) is 0 Å². The summed E-state index contributed by atoms with van der Waals surface area (Å²) >= 11 is 1.85. The fourth-order valence-electron chi connectivity index (χ4n) is 8.28. The first-order valence-electron chi connectivity index (χ1n) is 18.7. The fraction of sp³-hybridized carbons (Fsp3) is 0. The van der Waals surface area contributed by atoms with Crippen LogP contribution in [-0.2, 0) is 0 Å². The maximum absolute atomic E-state index is 6.78. The summed E-state index contributed by atoms with van der Waals surface area (Å²) < 4.78 is 9.31. The van der Waals surface area contributed by atoms with Gasteiger partial charge in [-0.1, -0.05) is 146 Å². The van der Waals surface area contributed by atoms with E-state index in [-0.39, 0.29) is 0 Å². The standard InChI is InChI=1S/C52H33NOS/c1-3-14-34(15-4-1)40-30-31-46(50-43-21-9-11-24-48(43)54-51(40)50)53(47-23-13-22-42-41-20-10-12-25-49(41)55-52(42)47)39-28-26-36(27-29-39)45-33-38-19-8-7-18-37(38)32-44(45)35-16-5-2-6-17-35/h1-33H. The zero-order valence-corrected chi connectivity index (χ0v) is 30.6. The molecule has 0 aliphatic rings. The number of thiophene rings is 1. The Hall–Kier alpha value is -6.94. The fourth-order valence-corrected chi connectivity index (χ4v) is 9.49. The molecule has 0 spiro atoms. The molecule has 2 nitrogen and oxygen atoms in total. The second-order valence-electron chi connectivity index (χ2n) is 14.0. The van der Waals surface area contributed by atoms with Crippen LogP contribution in [0.1, 0.15) is 0 Å². The number of nitrogens with zero attached hydrogens (tertiary/aromatic N) is 1. The van der Waals surface area contributed by atoms with Crippen molar-refractivity contribution >= 4 is 81.3 Å². The molecular weight excluding hydrogens is 687 g/mol. The molecule has 258 valence electrons. The van der Waals surface area contributed by atoms with Crippen molar-refractivity contribution in [2.75, 3.05) is 4.90 Å². The van der Waals surface area contributed by atoms with Gasteiger partial charge in [0.15, 0.2) is 0 Å². The van der Waals surface area contributed by atoms with Gasteiger partial charge in [0.25, 0.3) is 0 Å². The van der Waals surface area contributed by atoms with E-state index >= 15 is 0 Å². The second kappa shape index (κ2) is 12.9. The Kier molecular flexibility index (Phi) is 7.39. The molecule has 55 heavy (non-hydrogen) atoms. The molecule has 0 saturated heterocycles. The van der Waals surface area contributed by atoms with Gasteiger partial charge in [0.1, 0.15) is 11.2 Å². The highest BCUT2D eigenvalue weighted by Gasteiger charge is 2.24. The first kappa shape index (κ1) is 31.6. The quantitative estimate of drug-likeness (QED) is 0.170. The van der Waals surface area contributed by atoms with Crippen LogP contribution in [0.25, 0.3) is 86.3 Å². The van der Waals surface area contributed by atoms with Crippen LogP contribution < -0.4 is 4.90 Å². The molecule has 0 radical (unpaired) electrons. The Bertz CT molecular complexity index is 3190. The van der Waals surface area contributed by atoms with E-state index < -0.39 is 0 Å². The summed E-state index contributed by atoms with van der Waals surface area (Å²) in [5.74, 6) is 0. The molecule has 0 amide bonds. The molecule has 11 rings (SSSR count). The van der Waals surface area contributed by atoms with Crippen molar-refractivity contribution in [1.82, 2.24) is 0 Å². The maximum Gasteiger partial charge on any atom is 0.145 e. The van der Waals surface area contributed by atoms with Crippen LogP contribution in [0.4, 0.5) is 17.1 Å². The van der Waals surface area contributed by atoms with E-state index in [1.165, 1.54) is 53.2 Å². The number of rotatable bonds is 6. The second-order valence-corrected chi connectivity index (χ2v) is 15.1. The maximum atomic E-state index is 6.78. The summed E-state index contributed by atoms with van der Waals surface area (Å²) in [6, 6.07) is 72.1. The smallest absolute Gasteiger partial charge is 0.145 e. The van der Waals surface area contributed by atoms with Gasteiger partial charge < -0.3 is 9.32 Å².